The summed E-state index contributed by atoms with van der Waals surface area (Å²) in [6.07, 6.45) is 0. The Morgan fingerprint density at radius 3 is 1.65 bits per heavy atom. The maximum Gasteiger partial charge on any atom is 0.183 e. The third-order valence-electron chi connectivity index (χ3n) is 3.75. The molecule has 3 aromatic rings. The van der Waals surface area contributed by atoms with Gasteiger partial charge in [0.1, 0.15) is 0 Å². The van der Waals surface area contributed by atoms with Gasteiger partial charge in [0.05, 0.1) is 0 Å². The lowest BCUT2D eigenvalue weighted by Gasteiger charge is -2.27. The van der Waals surface area contributed by atoms with Crippen LogP contribution in [0.3, 0.4) is 0 Å². The maximum atomic E-state index is 12.4. The Bertz CT molecular complexity index is 730. The second-order valence-electron chi connectivity index (χ2n) is 5.38. The summed E-state index contributed by atoms with van der Waals surface area (Å²) in [6, 6.07) is 28.5. The summed E-state index contributed by atoms with van der Waals surface area (Å²) in [6.45, 7) is 2.07. The molecule has 3 heteroatoms. The van der Waals surface area contributed by atoms with Gasteiger partial charge in [-0.3, -0.25) is 4.57 Å². The SMILES string of the molecule is Cc1ccc(SC(P=O)(c2ccccc2)c2ccccc2)cc1. The molecule has 0 fully saturated rings. The first-order valence-electron chi connectivity index (χ1n) is 7.46. The zero-order valence-electron chi connectivity index (χ0n) is 12.8. The second kappa shape index (κ2) is 7.12. The van der Waals surface area contributed by atoms with Gasteiger partial charge in [-0.25, -0.2) is 0 Å². The van der Waals surface area contributed by atoms with Crippen LogP contribution >= 0.6 is 20.2 Å². The predicted molar refractivity (Wildman–Crippen MR) is 98.3 cm³/mol. The standard InChI is InChI=1S/C20H17OPS/c1-16-12-14-19(15-13-16)23-20(22-21,17-8-4-2-5-9-17)18-10-6-3-7-11-18/h2-15H,1H3. The summed E-state index contributed by atoms with van der Waals surface area (Å²) in [7, 11) is 0.0727. The van der Waals surface area contributed by atoms with Crippen LogP contribution in [0.25, 0.3) is 0 Å². The Morgan fingerprint density at radius 1 is 0.739 bits per heavy atom. The van der Waals surface area contributed by atoms with E-state index in [1.165, 1.54) is 5.56 Å². The molecule has 3 aromatic carbocycles. The molecule has 114 valence electrons. The fourth-order valence-electron chi connectivity index (χ4n) is 2.51. The quantitative estimate of drug-likeness (QED) is 0.403. The van der Waals surface area contributed by atoms with E-state index in [-0.39, 0.29) is 8.46 Å². The van der Waals surface area contributed by atoms with E-state index in [2.05, 4.69) is 31.2 Å². The average Bonchev–Trinajstić information content (AvgIpc) is 2.63. The summed E-state index contributed by atoms with van der Waals surface area (Å²) in [5, 5.41) is 0. The highest BCUT2D eigenvalue weighted by Crippen LogP contribution is 2.54. The summed E-state index contributed by atoms with van der Waals surface area (Å²) < 4.78 is 11.7. The van der Waals surface area contributed by atoms with Gasteiger partial charge >= 0.3 is 0 Å². The lowest BCUT2D eigenvalue weighted by Crippen LogP contribution is -2.16. The number of benzene rings is 3. The van der Waals surface area contributed by atoms with Crippen molar-refractivity contribution in [3.8, 4) is 0 Å². The Kier molecular flexibility index (Phi) is 4.95. The van der Waals surface area contributed by atoms with Crippen LogP contribution in [0, 0.1) is 6.92 Å². The van der Waals surface area contributed by atoms with Gasteiger partial charge in [-0.05, 0) is 30.2 Å². The first-order chi connectivity index (χ1) is 11.2. The van der Waals surface area contributed by atoms with E-state index >= 15 is 0 Å². The Labute approximate surface area is 143 Å². The van der Waals surface area contributed by atoms with Crippen molar-refractivity contribution in [2.75, 3.05) is 0 Å². The highest BCUT2D eigenvalue weighted by Gasteiger charge is 2.36. The monoisotopic (exact) mass is 336 g/mol. The lowest BCUT2D eigenvalue weighted by molar-refractivity contribution is 0.593. The fraction of sp³-hybridized carbons (Fsp3) is 0.100. The Balaban J connectivity index is 2.13. The van der Waals surface area contributed by atoms with Crippen molar-refractivity contribution in [2.45, 2.75) is 16.3 Å². The molecule has 0 saturated carbocycles. The molecule has 1 nitrogen and oxygen atoms in total. The molecule has 0 N–H and O–H groups in total. The van der Waals surface area contributed by atoms with E-state index < -0.39 is 4.49 Å². The molecule has 23 heavy (non-hydrogen) atoms. The summed E-state index contributed by atoms with van der Waals surface area (Å²) in [4.78, 5) is 1.10. The van der Waals surface area contributed by atoms with Gasteiger partial charge in [-0.15, -0.1) is 0 Å². The highest BCUT2D eigenvalue weighted by atomic mass is 32.2. The van der Waals surface area contributed by atoms with E-state index in [1.54, 1.807) is 11.8 Å². The molecular weight excluding hydrogens is 319 g/mol. The third-order valence-corrected chi connectivity index (χ3v) is 6.29. The van der Waals surface area contributed by atoms with Crippen LogP contribution in [0.1, 0.15) is 16.7 Å². The van der Waals surface area contributed by atoms with Gasteiger partial charge in [0.15, 0.2) is 12.9 Å². The minimum Gasteiger partial charge on any atom is -0.273 e. The maximum absolute atomic E-state index is 12.4. The topological polar surface area (TPSA) is 17.1 Å². The molecule has 0 atom stereocenters. The van der Waals surface area contributed by atoms with Crippen molar-refractivity contribution in [3.05, 3.63) is 102 Å². The van der Waals surface area contributed by atoms with Gasteiger partial charge in [0.25, 0.3) is 0 Å². The third kappa shape index (κ3) is 3.39. The molecule has 0 spiro atoms. The molecule has 0 aliphatic carbocycles. The average molecular weight is 336 g/mol. The molecule has 0 aromatic heterocycles. The van der Waals surface area contributed by atoms with Crippen LogP contribution in [-0.2, 0) is 9.05 Å². The number of hydrogen-bond donors (Lipinski definition) is 0. The van der Waals surface area contributed by atoms with Crippen molar-refractivity contribution in [1.82, 2.24) is 0 Å². The zero-order chi connectivity index (χ0) is 16.1. The van der Waals surface area contributed by atoms with Crippen molar-refractivity contribution >= 4 is 20.2 Å². The van der Waals surface area contributed by atoms with Crippen LogP contribution in [0.4, 0.5) is 0 Å². The largest absolute Gasteiger partial charge is 0.273 e. The van der Waals surface area contributed by atoms with Gasteiger partial charge in [0.2, 0.25) is 0 Å². The summed E-state index contributed by atoms with van der Waals surface area (Å²) in [5.74, 6) is 0. The number of hydrogen-bond acceptors (Lipinski definition) is 2. The van der Waals surface area contributed by atoms with Crippen LogP contribution in [0.15, 0.2) is 89.8 Å². The Morgan fingerprint density at radius 2 is 1.22 bits per heavy atom. The van der Waals surface area contributed by atoms with Gasteiger partial charge in [0, 0.05) is 4.90 Å². The van der Waals surface area contributed by atoms with E-state index in [0.29, 0.717) is 0 Å². The summed E-state index contributed by atoms with van der Waals surface area (Å²) >= 11 is 1.63. The molecule has 0 saturated heterocycles. The van der Waals surface area contributed by atoms with Gasteiger partial charge < -0.3 is 0 Å². The molecule has 0 heterocycles. The van der Waals surface area contributed by atoms with Crippen LogP contribution in [0.2, 0.25) is 0 Å². The van der Waals surface area contributed by atoms with E-state index in [9.17, 15) is 4.57 Å². The molecule has 0 bridgehead atoms. The van der Waals surface area contributed by atoms with E-state index in [1.807, 2.05) is 60.7 Å². The van der Waals surface area contributed by atoms with Crippen LogP contribution in [-0.4, -0.2) is 0 Å². The molecule has 0 aliphatic rings. The first kappa shape index (κ1) is 16.0. The molecular formula is C20H17OPS. The van der Waals surface area contributed by atoms with Crippen molar-refractivity contribution in [3.63, 3.8) is 0 Å². The molecule has 0 unspecified atom stereocenters. The molecule has 0 radical (unpaired) electrons. The minimum absolute atomic E-state index is 0.0727. The number of aryl methyl sites for hydroxylation is 1. The summed E-state index contributed by atoms with van der Waals surface area (Å²) in [5.41, 5.74) is 3.29. The molecule has 0 amide bonds. The lowest BCUT2D eigenvalue weighted by atomic mass is 10.0. The second-order valence-corrected chi connectivity index (χ2v) is 7.83. The normalized spacial score (nSPS) is 11.5. The van der Waals surface area contributed by atoms with Crippen LogP contribution in [0.5, 0.6) is 0 Å². The fourth-order valence-corrected chi connectivity index (χ4v) is 4.61. The Hall–Kier alpha value is -1.89. The minimum atomic E-state index is -0.641. The first-order valence-corrected chi connectivity index (χ1v) is 9.09. The number of rotatable bonds is 5. The molecule has 0 aliphatic heterocycles. The van der Waals surface area contributed by atoms with E-state index in [0.717, 1.165) is 16.0 Å². The van der Waals surface area contributed by atoms with Crippen molar-refractivity contribution in [2.24, 2.45) is 0 Å². The smallest absolute Gasteiger partial charge is 0.183 e. The van der Waals surface area contributed by atoms with Gasteiger partial charge in [-0.2, -0.15) is 0 Å². The van der Waals surface area contributed by atoms with Crippen LogP contribution < -0.4 is 0 Å². The zero-order valence-corrected chi connectivity index (χ0v) is 14.6. The predicted octanol–water partition coefficient (Wildman–Crippen LogP) is 6.28. The molecule has 3 rings (SSSR count). The van der Waals surface area contributed by atoms with Crippen molar-refractivity contribution in [1.29, 1.82) is 0 Å². The van der Waals surface area contributed by atoms with Crippen molar-refractivity contribution < 1.29 is 4.57 Å². The highest BCUT2D eigenvalue weighted by molar-refractivity contribution is 8.04. The van der Waals surface area contributed by atoms with E-state index in [4.69, 9.17) is 0 Å². The van der Waals surface area contributed by atoms with Gasteiger partial charge in [-0.1, -0.05) is 90.1 Å². The number of thioether (sulfide) groups is 1.